The molecule has 3 heterocycles. The SMILES string of the molecule is COc1ccc(C(=O)N2CCCC2)c(OC2CCN(CC3CCCO3)CC2)c1. The third kappa shape index (κ3) is 4.61. The minimum atomic E-state index is 0.0750. The van der Waals surface area contributed by atoms with Crippen molar-refractivity contribution in [1.82, 2.24) is 9.80 Å². The maximum absolute atomic E-state index is 12.9. The first-order valence-corrected chi connectivity index (χ1v) is 10.7. The Kier molecular flexibility index (Phi) is 6.37. The van der Waals surface area contributed by atoms with E-state index in [2.05, 4.69) is 4.90 Å². The van der Waals surface area contributed by atoms with Gasteiger partial charge in [-0.2, -0.15) is 0 Å². The molecule has 3 saturated heterocycles. The molecule has 0 radical (unpaired) electrons. The van der Waals surface area contributed by atoms with Crippen molar-refractivity contribution < 1.29 is 19.0 Å². The molecule has 6 nitrogen and oxygen atoms in total. The van der Waals surface area contributed by atoms with Crippen LogP contribution in [0.4, 0.5) is 0 Å². The number of benzene rings is 1. The van der Waals surface area contributed by atoms with E-state index in [9.17, 15) is 4.79 Å². The van der Waals surface area contributed by atoms with Gasteiger partial charge in [-0.3, -0.25) is 4.79 Å². The predicted octanol–water partition coefficient (Wildman–Crippen LogP) is 2.95. The molecule has 0 N–H and O–H groups in total. The first kappa shape index (κ1) is 19.5. The van der Waals surface area contributed by atoms with Gasteiger partial charge in [-0.25, -0.2) is 0 Å². The van der Waals surface area contributed by atoms with Gasteiger partial charge in [0, 0.05) is 45.4 Å². The van der Waals surface area contributed by atoms with Gasteiger partial charge >= 0.3 is 0 Å². The van der Waals surface area contributed by atoms with Crippen molar-refractivity contribution in [3.05, 3.63) is 23.8 Å². The minimum absolute atomic E-state index is 0.0750. The lowest BCUT2D eigenvalue weighted by atomic mass is 10.1. The van der Waals surface area contributed by atoms with Crippen LogP contribution in [0, 0.1) is 0 Å². The van der Waals surface area contributed by atoms with E-state index >= 15 is 0 Å². The van der Waals surface area contributed by atoms with E-state index in [1.165, 1.54) is 12.8 Å². The first-order valence-electron chi connectivity index (χ1n) is 10.7. The summed E-state index contributed by atoms with van der Waals surface area (Å²) in [4.78, 5) is 17.4. The fraction of sp³-hybridized carbons (Fsp3) is 0.682. The third-order valence-electron chi connectivity index (χ3n) is 6.13. The second-order valence-corrected chi connectivity index (χ2v) is 8.11. The Labute approximate surface area is 167 Å². The molecule has 0 saturated carbocycles. The first-order chi connectivity index (χ1) is 13.7. The highest BCUT2D eigenvalue weighted by atomic mass is 16.5. The van der Waals surface area contributed by atoms with Crippen molar-refractivity contribution in [3.8, 4) is 11.5 Å². The molecule has 28 heavy (non-hydrogen) atoms. The Bertz CT molecular complexity index is 661. The quantitative estimate of drug-likeness (QED) is 0.750. The molecule has 0 bridgehead atoms. The van der Waals surface area contributed by atoms with E-state index in [-0.39, 0.29) is 12.0 Å². The molecule has 6 heteroatoms. The third-order valence-corrected chi connectivity index (χ3v) is 6.13. The number of nitrogens with zero attached hydrogens (tertiary/aromatic N) is 2. The van der Waals surface area contributed by atoms with Crippen LogP contribution in [0.2, 0.25) is 0 Å². The molecule has 1 aromatic rings. The van der Waals surface area contributed by atoms with Gasteiger partial charge in [0.15, 0.2) is 0 Å². The van der Waals surface area contributed by atoms with Crippen molar-refractivity contribution in [2.45, 2.75) is 50.7 Å². The van der Waals surface area contributed by atoms with Gasteiger partial charge in [0.1, 0.15) is 17.6 Å². The van der Waals surface area contributed by atoms with Gasteiger partial charge < -0.3 is 24.0 Å². The van der Waals surface area contributed by atoms with Crippen molar-refractivity contribution in [1.29, 1.82) is 0 Å². The van der Waals surface area contributed by atoms with Crippen LogP contribution >= 0.6 is 0 Å². The molecule has 4 rings (SSSR count). The Hall–Kier alpha value is -1.79. The number of carbonyl (C=O) groups excluding carboxylic acids is 1. The lowest BCUT2D eigenvalue weighted by molar-refractivity contribution is 0.0434. The van der Waals surface area contributed by atoms with E-state index < -0.39 is 0 Å². The highest BCUT2D eigenvalue weighted by Crippen LogP contribution is 2.30. The van der Waals surface area contributed by atoms with E-state index in [1.807, 2.05) is 23.1 Å². The van der Waals surface area contributed by atoms with Crippen LogP contribution in [0.25, 0.3) is 0 Å². The van der Waals surface area contributed by atoms with Gasteiger partial charge in [-0.15, -0.1) is 0 Å². The number of hydrogen-bond acceptors (Lipinski definition) is 5. The van der Waals surface area contributed by atoms with E-state index in [0.29, 0.717) is 17.4 Å². The lowest BCUT2D eigenvalue weighted by Gasteiger charge is -2.33. The Morgan fingerprint density at radius 2 is 1.89 bits per heavy atom. The highest BCUT2D eigenvalue weighted by molar-refractivity contribution is 5.97. The van der Waals surface area contributed by atoms with Gasteiger partial charge in [-0.1, -0.05) is 0 Å². The predicted molar refractivity (Wildman–Crippen MR) is 107 cm³/mol. The molecule has 154 valence electrons. The largest absolute Gasteiger partial charge is 0.497 e. The zero-order valence-electron chi connectivity index (χ0n) is 16.9. The van der Waals surface area contributed by atoms with Gasteiger partial charge in [-0.05, 0) is 50.7 Å². The lowest BCUT2D eigenvalue weighted by Crippen LogP contribution is -2.42. The summed E-state index contributed by atoms with van der Waals surface area (Å²) < 4.78 is 17.5. The number of piperidine rings is 1. The Morgan fingerprint density at radius 3 is 2.57 bits per heavy atom. The fourth-order valence-corrected chi connectivity index (χ4v) is 4.46. The zero-order valence-corrected chi connectivity index (χ0v) is 16.9. The second-order valence-electron chi connectivity index (χ2n) is 8.11. The average Bonchev–Trinajstić information content (AvgIpc) is 3.43. The summed E-state index contributed by atoms with van der Waals surface area (Å²) in [6, 6.07) is 5.56. The summed E-state index contributed by atoms with van der Waals surface area (Å²) in [5.74, 6) is 1.46. The molecule has 0 spiro atoms. The van der Waals surface area contributed by atoms with Crippen LogP contribution in [0.1, 0.15) is 48.9 Å². The van der Waals surface area contributed by atoms with Crippen molar-refractivity contribution in [3.63, 3.8) is 0 Å². The average molecular weight is 389 g/mol. The number of methoxy groups -OCH3 is 1. The summed E-state index contributed by atoms with van der Waals surface area (Å²) >= 11 is 0. The molecular weight excluding hydrogens is 356 g/mol. The van der Waals surface area contributed by atoms with Gasteiger partial charge in [0.05, 0.1) is 18.8 Å². The number of rotatable bonds is 6. The topological polar surface area (TPSA) is 51.2 Å². The molecule has 1 aromatic carbocycles. The molecule has 1 amide bonds. The van der Waals surface area contributed by atoms with Crippen molar-refractivity contribution in [2.24, 2.45) is 0 Å². The number of carbonyl (C=O) groups is 1. The Balaban J connectivity index is 1.38. The summed E-state index contributed by atoms with van der Waals surface area (Å²) in [6.45, 7) is 5.66. The van der Waals surface area contributed by atoms with Crippen LogP contribution in [-0.2, 0) is 4.74 Å². The fourth-order valence-electron chi connectivity index (χ4n) is 4.46. The summed E-state index contributed by atoms with van der Waals surface area (Å²) in [5, 5.41) is 0. The van der Waals surface area contributed by atoms with Crippen LogP contribution in [0.15, 0.2) is 18.2 Å². The summed E-state index contributed by atoms with van der Waals surface area (Å²) in [5.41, 5.74) is 0.657. The molecule has 0 aromatic heterocycles. The van der Waals surface area contributed by atoms with Gasteiger partial charge in [0.25, 0.3) is 5.91 Å². The molecule has 3 fully saturated rings. The maximum Gasteiger partial charge on any atom is 0.257 e. The van der Waals surface area contributed by atoms with E-state index in [0.717, 1.165) is 70.8 Å². The van der Waals surface area contributed by atoms with E-state index in [4.69, 9.17) is 14.2 Å². The second kappa shape index (κ2) is 9.14. The van der Waals surface area contributed by atoms with Crippen molar-refractivity contribution >= 4 is 5.91 Å². The maximum atomic E-state index is 12.9. The molecule has 1 atom stereocenters. The molecule has 1 unspecified atom stereocenters. The highest BCUT2D eigenvalue weighted by Gasteiger charge is 2.27. The molecule has 0 aliphatic carbocycles. The zero-order chi connectivity index (χ0) is 19.3. The minimum Gasteiger partial charge on any atom is -0.497 e. The smallest absolute Gasteiger partial charge is 0.257 e. The molecular formula is C22H32N2O4. The van der Waals surface area contributed by atoms with E-state index in [1.54, 1.807) is 7.11 Å². The normalized spacial score (nSPS) is 23.9. The van der Waals surface area contributed by atoms with Crippen LogP contribution in [0.3, 0.4) is 0 Å². The number of amides is 1. The number of likely N-dealkylation sites (tertiary alicyclic amines) is 2. The monoisotopic (exact) mass is 388 g/mol. The standard InChI is InChI=1S/C22H32N2O4/c1-26-18-6-7-20(22(25)24-10-2-3-11-24)21(15-18)28-17-8-12-23(13-9-17)16-19-5-4-14-27-19/h6-7,15,17,19H,2-5,8-14,16H2,1H3. The summed E-state index contributed by atoms with van der Waals surface area (Å²) in [6.07, 6.45) is 7.03. The molecule has 3 aliphatic rings. The molecule has 3 aliphatic heterocycles. The number of hydrogen-bond donors (Lipinski definition) is 0. The van der Waals surface area contributed by atoms with Crippen LogP contribution in [0.5, 0.6) is 11.5 Å². The van der Waals surface area contributed by atoms with Gasteiger partial charge in [0.2, 0.25) is 0 Å². The van der Waals surface area contributed by atoms with Crippen molar-refractivity contribution in [2.75, 3.05) is 46.4 Å². The Morgan fingerprint density at radius 1 is 1.11 bits per heavy atom. The van der Waals surface area contributed by atoms with Crippen LogP contribution in [-0.4, -0.2) is 74.4 Å². The number of ether oxygens (including phenoxy) is 3. The summed E-state index contributed by atoms with van der Waals surface area (Å²) in [7, 11) is 1.64. The van der Waals surface area contributed by atoms with Crippen LogP contribution < -0.4 is 9.47 Å².